The minimum absolute atomic E-state index is 0.0461. The Kier molecular flexibility index (Phi) is 5.40. The number of anilines is 2. The molecule has 10 heteroatoms. The summed E-state index contributed by atoms with van der Waals surface area (Å²) in [5.74, 6) is -0.584. The Morgan fingerprint density at radius 3 is 2.64 bits per heavy atom. The topological polar surface area (TPSA) is 121 Å². The van der Waals surface area contributed by atoms with Gasteiger partial charge in [-0.1, -0.05) is 12.1 Å². The summed E-state index contributed by atoms with van der Waals surface area (Å²) in [4.78, 5) is 36.4. The molecule has 0 aliphatic rings. The fourth-order valence-corrected chi connectivity index (χ4v) is 2.52. The number of nitrogens with zero attached hydrogens (tertiary/aromatic N) is 5. The Balaban J connectivity index is 2.09. The number of nitro groups is 1. The van der Waals surface area contributed by atoms with E-state index in [4.69, 9.17) is 9.47 Å². The Labute approximate surface area is 159 Å². The third-order valence-corrected chi connectivity index (χ3v) is 3.79. The van der Waals surface area contributed by atoms with Crippen LogP contribution in [-0.2, 0) is 4.74 Å². The number of rotatable bonds is 6. The third kappa shape index (κ3) is 3.70. The number of carbonyl (C=O) groups excluding carboxylic acids is 1. The lowest BCUT2D eigenvalue weighted by Gasteiger charge is -2.20. The van der Waals surface area contributed by atoms with Crippen LogP contribution in [-0.4, -0.2) is 40.0 Å². The first-order chi connectivity index (χ1) is 13.5. The van der Waals surface area contributed by atoms with Gasteiger partial charge >= 0.3 is 17.5 Å². The summed E-state index contributed by atoms with van der Waals surface area (Å²) < 4.78 is 10.3. The summed E-state index contributed by atoms with van der Waals surface area (Å²) >= 11 is 0. The van der Waals surface area contributed by atoms with Gasteiger partial charge in [-0.3, -0.25) is 15.1 Å². The van der Waals surface area contributed by atoms with Gasteiger partial charge in [0.15, 0.2) is 0 Å². The molecule has 0 radical (unpaired) electrons. The Hall–Kier alpha value is -4.08. The molecule has 0 spiro atoms. The fourth-order valence-electron chi connectivity index (χ4n) is 2.52. The summed E-state index contributed by atoms with van der Waals surface area (Å²) in [6, 6.07) is 9.75. The molecule has 10 nitrogen and oxygen atoms in total. The number of methoxy groups -OCH3 is 1. The van der Waals surface area contributed by atoms with Crippen molar-refractivity contribution in [1.29, 1.82) is 0 Å². The largest absolute Gasteiger partial charge is 0.465 e. The van der Waals surface area contributed by atoms with E-state index in [9.17, 15) is 14.9 Å². The minimum atomic E-state index is -0.641. The van der Waals surface area contributed by atoms with Crippen LogP contribution in [0.1, 0.15) is 10.4 Å². The summed E-state index contributed by atoms with van der Waals surface area (Å²) in [5.41, 5.74) is 0.159. The molecule has 0 fully saturated rings. The summed E-state index contributed by atoms with van der Waals surface area (Å²) in [6.07, 6.45) is 4.09. The zero-order valence-electron chi connectivity index (χ0n) is 15.0. The predicted octanol–water partition coefficient (Wildman–Crippen LogP) is 3.13. The van der Waals surface area contributed by atoms with E-state index in [1.807, 2.05) is 0 Å². The first kappa shape index (κ1) is 18.7. The molecule has 142 valence electrons. The van der Waals surface area contributed by atoms with Crippen molar-refractivity contribution >= 4 is 23.2 Å². The molecule has 0 N–H and O–H groups in total. The van der Waals surface area contributed by atoms with E-state index in [2.05, 4.69) is 15.0 Å². The van der Waals surface area contributed by atoms with Gasteiger partial charge in [-0.05, 0) is 24.3 Å². The lowest BCUT2D eigenvalue weighted by Crippen LogP contribution is -2.18. The number of aromatic nitrogens is 3. The quantitative estimate of drug-likeness (QED) is 0.360. The maximum Gasteiger partial charge on any atom is 0.373 e. The normalized spacial score (nSPS) is 10.2. The van der Waals surface area contributed by atoms with Crippen LogP contribution in [0.2, 0.25) is 0 Å². The third-order valence-electron chi connectivity index (χ3n) is 3.79. The molecule has 2 aromatic heterocycles. The molecule has 0 atom stereocenters. The number of hydrogen-bond donors (Lipinski definition) is 0. The van der Waals surface area contributed by atoms with Gasteiger partial charge in [-0.15, -0.1) is 0 Å². The van der Waals surface area contributed by atoms with Gasteiger partial charge in [0, 0.05) is 13.2 Å². The van der Waals surface area contributed by atoms with E-state index >= 15 is 0 Å². The standard InChI is InChI=1S/C18H15N5O5/c1-22(14-8-4-3-7-13(14)18(24)27-2)16-15(23(25)26)17(21-11-20-16)28-12-6-5-9-19-10-12/h3-11H,1-2H3. The first-order valence-electron chi connectivity index (χ1n) is 8.01. The highest BCUT2D eigenvalue weighted by Gasteiger charge is 2.29. The van der Waals surface area contributed by atoms with Crippen molar-refractivity contribution in [3.8, 4) is 11.6 Å². The van der Waals surface area contributed by atoms with Crippen LogP contribution in [0.5, 0.6) is 11.6 Å². The molecule has 0 aliphatic carbocycles. The maximum atomic E-state index is 12.0. The van der Waals surface area contributed by atoms with Crippen molar-refractivity contribution in [2.45, 2.75) is 0 Å². The average Bonchev–Trinajstić information content (AvgIpc) is 2.73. The maximum absolute atomic E-state index is 12.0. The van der Waals surface area contributed by atoms with Crippen molar-refractivity contribution in [3.05, 3.63) is 70.8 Å². The molecule has 3 aromatic rings. The van der Waals surface area contributed by atoms with Crippen molar-refractivity contribution in [2.24, 2.45) is 0 Å². The molecule has 3 rings (SSSR count). The van der Waals surface area contributed by atoms with Gasteiger partial charge in [0.1, 0.15) is 12.1 Å². The second-order valence-electron chi connectivity index (χ2n) is 5.47. The second kappa shape index (κ2) is 8.08. The first-order valence-corrected chi connectivity index (χ1v) is 8.01. The van der Waals surface area contributed by atoms with Crippen molar-refractivity contribution < 1.29 is 19.2 Å². The summed E-state index contributed by atoms with van der Waals surface area (Å²) in [6.45, 7) is 0. The van der Waals surface area contributed by atoms with E-state index in [0.717, 1.165) is 6.33 Å². The number of esters is 1. The van der Waals surface area contributed by atoms with Crippen LogP contribution < -0.4 is 9.64 Å². The molecule has 1 aromatic carbocycles. The number of pyridine rings is 1. The second-order valence-corrected chi connectivity index (χ2v) is 5.47. The fraction of sp³-hybridized carbons (Fsp3) is 0.111. The molecule has 28 heavy (non-hydrogen) atoms. The molecule has 0 aliphatic heterocycles. The van der Waals surface area contributed by atoms with Crippen molar-refractivity contribution in [2.75, 3.05) is 19.1 Å². The summed E-state index contributed by atoms with van der Waals surface area (Å²) in [5, 5.41) is 11.8. The molecule has 0 saturated carbocycles. The van der Waals surface area contributed by atoms with Crippen LogP contribution in [0, 0.1) is 10.1 Å². The van der Waals surface area contributed by atoms with Gasteiger partial charge in [-0.2, -0.15) is 4.98 Å². The van der Waals surface area contributed by atoms with Gasteiger partial charge in [0.05, 0.1) is 29.5 Å². The van der Waals surface area contributed by atoms with Gasteiger partial charge in [0.25, 0.3) is 0 Å². The minimum Gasteiger partial charge on any atom is -0.465 e. The highest BCUT2D eigenvalue weighted by molar-refractivity contribution is 5.97. The Morgan fingerprint density at radius 1 is 1.18 bits per heavy atom. The van der Waals surface area contributed by atoms with E-state index in [0.29, 0.717) is 5.69 Å². The molecule has 0 amide bonds. The Morgan fingerprint density at radius 2 is 1.96 bits per heavy atom. The zero-order valence-corrected chi connectivity index (χ0v) is 15.0. The lowest BCUT2D eigenvalue weighted by molar-refractivity contribution is -0.385. The van der Waals surface area contributed by atoms with Gasteiger partial charge < -0.3 is 14.4 Å². The van der Waals surface area contributed by atoms with Crippen LogP contribution in [0.4, 0.5) is 17.2 Å². The molecule has 0 unspecified atom stereocenters. The SMILES string of the molecule is COC(=O)c1ccccc1N(C)c1ncnc(Oc2cccnc2)c1[N+](=O)[O-]. The van der Waals surface area contributed by atoms with Crippen LogP contribution >= 0.6 is 0 Å². The van der Waals surface area contributed by atoms with Crippen LogP contribution in [0.15, 0.2) is 55.1 Å². The number of carbonyl (C=O) groups is 1. The zero-order chi connectivity index (χ0) is 20.1. The van der Waals surface area contributed by atoms with Crippen molar-refractivity contribution in [3.63, 3.8) is 0 Å². The van der Waals surface area contributed by atoms with E-state index in [1.165, 1.54) is 18.2 Å². The number of benzene rings is 1. The van der Waals surface area contributed by atoms with Crippen molar-refractivity contribution in [1.82, 2.24) is 15.0 Å². The monoisotopic (exact) mass is 381 g/mol. The Bertz CT molecular complexity index is 1010. The van der Waals surface area contributed by atoms with E-state index < -0.39 is 16.6 Å². The number of para-hydroxylation sites is 1. The smallest absolute Gasteiger partial charge is 0.373 e. The highest BCUT2D eigenvalue weighted by Crippen LogP contribution is 2.38. The number of ether oxygens (including phenoxy) is 2. The van der Waals surface area contributed by atoms with Crippen LogP contribution in [0.25, 0.3) is 0 Å². The molecule has 2 heterocycles. The molecular formula is C18H15N5O5. The summed E-state index contributed by atoms with van der Waals surface area (Å²) in [7, 11) is 2.80. The molecule has 0 saturated heterocycles. The lowest BCUT2D eigenvalue weighted by atomic mass is 10.1. The predicted molar refractivity (Wildman–Crippen MR) is 98.8 cm³/mol. The highest BCUT2D eigenvalue weighted by atomic mass is 16.6. The average molecular weight is 381 g/mol. The van der Waals surface area contributed by atoms with E-state index in [1.54, 1.807) is 49.6 Å². The molecular weight excluding hydrogens is 366 g/mol. The van der Waals surface area contributed by atoms with Gasteiger partial charge in [0.2, 0.25) is 5.82 Å². The van der Waals surface area contributed by atoms with E-state index in [-0.39, 0.29) is 23.0 Å². The van der Waals surface area contributed by atoms with Crippen LogP contribution in [0.3, 0.4) is 0 Å². The van der Waals surface area contributed by atoms with Gasteiger partial charge in [-0.25, -0.2) is 9.78 Å². The molecule has 0 bridgehead atoms. The number of hydrogen-bond acceptors (Lipinski definition) is 9.